The van der Waals surface area contributed by atoms with Crippen molar-refractivity contribution < 1.29 is 4.74 Å². The number of ether oxygens (including phenoxy) is 1. The Balaban J connectivity index is 1.70. The van der Waals surface area contributed by atoms with E-state index in [9.17, 15) is 0 Å². The van der Waals surface area contributed by atoms with Crippen LogP contribution in [0, 0.1) is 0 Å². The third-order valence-corrected chi connectivity index (χ3v) is 5.74. The summed E-state index contributed by atoms with van der Waals surface area (Å²) in [6, 6.07) is 18.9. The van der Waals surface area contributed by atoms with Crippen molar-refractivity contribution in [2.24, 2.45) is 0 Å². The van der Waals surface area contributed by atoms with Crippen LogP contribution in [0.5, 0.6) is 5.75 Å². The van der Waals surface area contributed by atoms with E-state index in [2.05, 4.69) is 72.2 Å². The van der Waals surface area contributed by atoms with Gasteiger partial charge in [0.05, 0.1) is 12.8 Å². The van der Waals surface area contributed by atoms with Crippen molar-refractivity contribution in [2.75, 3.05) is 44.7 Å². The fourth-order valence-electron chi connectivity index (χ4n) is 3.92. The second-order valence-electron chi connectivity index (χ2n) is 7.57. The van der Waals surface area contributed by atoms with Crippen LogP contribution in [-0.4, -0.2) is 49.7 Å². The molecule has 4 rings (SSSR count). The summed E-state index contributed by atoms with van der Waals surface area (Å²) in [6.07, 6.45) is 2.19. The summed E-state index contributed by atoms with van der Waals surface area (Å²) in [5, 5.41) is 2.48. The molecule has 0 amide bonds. The number of methoxy groups -OCH3 is 1. The summed E-state index contributed by atoms with van der Waals surface area (Å²) in [7, 11) is 1.69. The van der Waals surface area contributed by atoms with Gasteiger partial charge in [-0.15, -0.1) is 0 Å². The lowest BCUT2D eigenvalue weighted by Crippen LogP contribution is -2.46. The molecule has 150 valence electrons. The van der Waals surface area contributed by atoms with Crippen LogP contribution >= 0.6 is 0 Å². The lowest BCUT2D eigenvalue weighted by Gasteiger charge is -2.35. The van der Waals surface area contributed by atoms with Crippen LogP contribution in [0.2, 0.25) is 0 Å². The number of benzene rings is 2. The van der Waals surface area contributed by atoms with E-state index < -0.39 is 0 Å². The smallest absolute Gasteiger partial charge is 0.137 e. The second kappa shape index (κ2) is 8.66. The van der Waals surface area contributed by atoms with Gasteiger partial charge in [-0.05, 0) is 54.3 Å². The van der Waals surface area contributed by atoms with Crippen molar-refractivity contribution >= 4 is 28.2 Å². The average molecular weight is 388 g/mol. The number of fused-ring (bicyclic) bond motifs is 1. The molecule has 0 saturated carbocycles. The summed E-state index contributed by atoms with van der Waals surface area (Å²) in [5.74, 6) is 1.98. The highest BCUT2D eigenvalue weighted by Crippen LogP contribution is 2.29. The van der Waals surface area contributed by atoms with Crippen LogP contribution in [0.15, 0.2) is 54.6 Å². The Morgan fingerprint density at radius 1 is 1.03 bits per heavy atom. The van der Waals surface area contributed by atoms with Crippen LogP contribution in [0.25, 0.3) is 22.4 Å². The van der Waals surface area contributed by atoms with Gasteiger partial charge in [-0.2, -0.15) is 0 Å². The molecule has 1 saturated heterocycles. The number of rotatable bonds is 5. The van der Waals surface area contributed by atoms with Crippen LogP contribution < -0.4 is 9.64 Å². The van der Waals surface area contributed by atoms with Gasteiger partial charge in [-0.1, -0.05) is 43.3 Å². The van der Waals surface area contributed by atoms with E-state index in [4.69, 9.17) is 9.72 Å². The van der Waals surface area contributed by atoms with Gasteiger partial charge in [0, 0.05) is 31.6 Å². The lowest BCUT2D eigenvalue weighted by atomic mass is 10.0. The van der Waals surface area contributed by atoms with Crippen molar-refractivity contribution in [2.45, 2.75) is 13.8 Å². The Kier molecular flexibility index (Phi) is 5.81. The molecule has 0 atom stereocenters. The molecule has 1 aliphatic rings. The summed E-state index contributed by atoms with van der Waals surface area (Å²) in [6.45, 7) is 9.73. The van der Waals surface area contributed by atoms with Gasteiger partial charge in [-0.25, -0.2) is 4.98 Å². The molecule has 2 aromatic carbocycles. The third-order valence-electron chi connectivity index (χ3n) is 5.74. The maximum atomic E-state index is 5.26. The molecule has 0 bridgehead atoms. The molecule has 2 heterocycles. The summed E-state index contributed by atoms with van der Waals surface area (Å²) in [4.78, 5) is 10.1. The van der Waals surface area contributed by atoms with Gasteiger partial charge in [0.15, 0.2) is 0 Å². The molecule has 29 heavy (non-hydrogen) atoms. The minimum atomic E-state index is 0.872. The average Bonchev–Trinajstić information content (AvgIpc) is 2.79. The standard InChI is InChI=1S/C25H29N3O/c1-4-27-13-15-28(16-14-27)25-23-8-6-5-7-21(23)18-24(26-25)19(2)17-20-9-11-22(29-3)12-10-20/h5-12,17-18H,4,13-16H2,1-3H3/b19-17-. The Hall–Kier alpha value is -2.85. The molecule has 1 aliphatic heterocycles. The first kappa shape index (κ1) is 19.5. The zero-order chi connectivity index (χ0) is 20.2. The third kappa shape index (κ3) is 4.28. The molecular formula is C25H29N3O. The van der Waals surface area contributed by atoms with E-state index in [1.807, 2.05) is 12.1 Å². The zero-order valence-electron chi connectivity index (χ0n) is 17.6. The van der Waals surface area contributed by atoms with Crippen molar-refractivity contribution in [3.8, 4) is 5.75 Å². The maximum absolute atomic E-state index is 5.26. The molecule has 0 N–H and O–H groups in total. The van der Waals surface area contributed by atoms with Gasteiger partial charge in [0.2, 0.25) is 0 Å². The molecule has 3 aromatic rings. The Morgan fingerprint density at radius 3 is 2.45 bits per heavy atom. The van der Waals surface area contributed by atoms with E-state index in [0.717, 1.165) is 61.1 Å². The van der Waals surface area contributed by atoms with Crippen LogP contribution in [-0.2, 0) is 0 Å². The molecule has 0 aliphatic carbocycles. The number of hydrogen-bond donors (Lipinski definition) is 0. The highest BCUT2D eigenvalue weighted by Gasteiger charge is 2.19. The van der Waals surface area contributed by atoms with E-state index in [-0.39, 0.29) is 0 Å². The molecule has 1 fully saturated rings. The van der Waals surface area contributed by atoms with Crippen LogP contribution in [0.1, 0.15) is 25.1 Å². The number of pyridine rings is 1. The number of aromatic nitrogens is 1. The van der Waals surface area contributed by atoms with Gasteiger partial charge in [0.25, 0.3) is 0 Å². The molecule has 4 heteroatoms. The quantitative estimate of drug-likeness (QED) is 0.620. The van der Waals surface area contributed by atoms with Crippen molar-refractivity contribution in [3.05, 3.63) is 65.9 Å². The van der Waals surface area contributed by atoms with E-state index in [1.165, 1.54) is 10.8 Å². The number of nitrogens with zero attached hydrogens (tertiary/aromatic N) is 3. The maximum Gasteiger partial charge on any atom is 0.137 e. The first-order valence-corrected chi connectivity index (χ1v) is 10.4. The fourth-order valence-corrected chi connectivity index (χ4v) is 3.92. The second-order valence-corrected chi connectivity index (χ2v) is 7.57. The number of allylic oxidation sites excluding steroid dienone is 1. The first-order valence-electron chi connectivity index (χ1n) is 10.4. The van der Waals surface area contributed by atoms with Gasteiger partial charge in [-0.3, -0.25) is 0 Å². The first-order chi connectivity index (χ1) is 14.2. The molecule has 0 unspecified atom stereocenters. The Bertz CT molecular complexity index is 1000. The fraction of sp³-hybridized carbons (Fsp3) is 0.320. The Morgan fingerprint density at radius 2 is 1.76 bits per heavy atom. The number of anilines is 1. The largest absolute Gasteiger partial charge is 0.497 e. The van der Waals surface area contributed by atoms with E-state index in [0.29, 0.717) is 0 Å². The van der Waals surface area contributed by atoms with Gasteiger partial charge < -0.3 is 14.5 Å². The highest BCUT2D eigenvalue weighted by atomic mass is 16.5. The van der Waals surface area contributed by atoms with Crippen molar-refractivity contribution in [3.63, 3.8) is 0 Å². The molecule has 1 aromatic heterocycles. The number of piperazine rings is 1. The number of likely N-dealkylation sites (N-methyl/N-ethyl adjacent to an activating group) is 1. The minimum absolute atomic E-state index is 0.872. The van der Waals surface area contributed by atoms with Crippen molar-refractivity contribution in [1.82, 2.24) is 9.88 Å². The number of hydrogen-bond acceptors (Lipinski definition) is 4. The minimum Gasteiger partial charge on any atom is -0.497 e. The predicted molar refractivity (Wildman–Crippen MR) is 123 cm³/mol. The highest BCUT2D eigenvalue weighted by molar-refractivity contribution is 5.95. The Labute approximate surface area is 173 Å². The summed E-state index contributed by atoms with van der Waals surface area (Å²) in [5.41, 5.74) is 3.35. The normalized spacial score (nSPS) is 15.7. The van der Waals surface area contributed by atoms with Crippen molar-refractivity contribution in [1.29, 1.82) is 0 Å². The summed E-state index contributed by atoms with van der Waals surface area (Å²) < 4.78 is 5.26. The van der Waals surface area contributed by atoms with Crippen LogP contribution in [0.4, 0.5) is 5.82 Å². The zero-order valence-corrected chi connectivity index (χ0v) is 17.6. The lowest BCUT2D eigenvalue weighted by molar-refractivity contribution is 0.271. The summed E-state index contributed by atoms with van der Waals surface area (Å²) >= 11 is 0. The molecule has 0 radical (unpaired) electrons. The molecule has 4 nitrogen and oxygen atoms in total. The topological polar surface area (TPSA) is 28.6 Å². The van der Waals surface area contributed by atoms with Crippen LogP contribution in [0.3, 0.4) is 0 Å². The monoisotopic (exact) mass is 387 g/mol. The SMILES string of the molecule is CCN1CCN(c2nc(/C(C)=C\c3ccc(OC)cc3)cc3ccccc23)CC1. The predicted octanol–water partition coefficient (Wildman–Crippen LogP) is 4.95. The van der Waals surface area contributed by atoms with Gasteiger partial charge in [0.1, 0.15) is 11.6 Å². The molecular weight excluding hydrogens is 358 g/mol. The molecule has 0 spiro atoms. The van der Waals surface area contributed by atoms with E-state index in [1.54, 1.807) is 7.11 Å². The van der Waals surface area contributed by atoms with Gasteiger partial charge >= 0.3 is 0 Å². The van der Waals surface area contributed by atoms with E-state index >= 15 is 0 Å².